The van der Waals surface area contributed by atoms with Gasteiger partial charge in [-0.1, -0.05) is 30.3 Å². The van der Waals surface area contributed by atoms with Crippen LogP contribution in [0, 0.1) is 11.8 Å². The van der Waals surface area contributed by atoms with Crippen molar-refractivity contribution in [3.63, 3.8) is 0 Å². The summed E-state index contributed by atoms with van der Waals surface area (Å²) in [6.07, 6.45) is 4.86. The van der Waals surface area contributed by atoms with Crippen LogP contribution in [0.3, 0.4) is 0 Å². The zero-order chi connectivity index (χ0) is 23.8. The molecule has 0 aliphatic carbocycles. The molecule has 2 saturated heterocycles. The molecule has 0 bridgehead atoms. The average molecular weight is 467 g/mol. The number of amides is 2. The molecule has 2 aliphatic rings. The van der Waals surface area contributed by atoms with Crippen molar-refractivity contribution >= 4 is 22.8 Å². The summed E-state index contributed by atoms with van der Waals surface area (Å²) in [6.45, 7) is 2.85. The number of benzene rings is 2. The van der Waals surface area contributed by atoms with Gasteiger partial charge in [0.25, 0.3) is 5.91 Å². The van der Waals surface area contributed by atoms with Gasteiger partial charge in [0, 0.05) is 62.4 Å². The van der Waals surface area contributed by atoms with Crippen molar-refractivity contribution in [3.05, 3.63) is 78.1 Å². The second-order valence-corrected chi connectivity index (χ2v) is 9.49. The van der Waals surface area contributed by atoms with Crippen molar-refractivity contribution in [2.75, 3.05) is 26.2 Å². The van der Waals surface area contributed by atoms with E-state index in [0.29, 0.717) is 42.4 Å². The summed E-state index contributed by atoms with van der Waals surface area (Å²) in [5.41, 5.74) is 5.45. The van der Waals surface area contributed by atoms with E-state index >= 15 is 0 Å². The highest BCUT2D eigenvalue weighted by atomic mass is 16.2. The summed E-state index contributed by atoms with van der Waals surface area (Å²) in [6, 6.07) is 17.7. The number of nitrogens with one attached hydrogen (secondary N) is 1. The number of carbonyl (C=O) groups is 2. The normalized spacial score (nSPS) is 19.3. The first-order valence-corrected chi connectivity index (χ1v) is 12.0. The van der Waals surface area contributed by atoms with Crippen molar-refractivity contribution in [1.29, 1.82) is 0 Å². The minimum Gasteiger partial charge on any atom is -0.342 e. The molecule has 2 unspecified atom stereocenters. The number of rotatable bonds is 5. The summed E-state index contributed by atoms with van der Waals surface area (Å²) in [4.78, 5) is 34.0. The van der Waals surface area contributed by atoms with Crippen LogP contribution in [0.25, 0.3) is 22.2 Å². The predicted molar refractivity (Wildman–Crippen MR) is 131 cm³/mol. The zero-order valence-electron chi connectivity index (χ0n) is 19.3. The smallest absolute Gasteiger partial charge is 0.253 e. The number of aryl methyl sites for hydroxylation is 1. The number of aromatic nitrogens is 4. The van der Waals surface area contributed by atoms with Crippen LogP contribution in [0.15, 0.2) is 67.0 Å². The average Bonchev–Trinajstić information content (AvgIpc) is 3.62. The quantitative estimate of drug-likeness (QED) is 0.487. The number of nitrogens with zero attached hydrogens (tertiary/aromatic N) is 5. The topological polar surface area (TPSA) is 95.1 Å². The first kappa shape index (κ1) is 21.5. The lowest BCUT2D eigenvalue weighted by Gasteiger charge is -2.22. The maximum atomic E-state index is 13.0. The first-order valence-electron chi connectivity index (χ1n) is 12.0. The Morgan fingerprint density at radius 3 is 2.34 bits per heavy atom. The third-order valence-corrected chi connectivity index (χ3v) is 7.27. The summed E-state index contributed by atoms with van der Waals surface area (Å²) >= 11 is 0. The largest absolute Gasteiger partial charge is 0.342 e. The summed E-state index contributed by atoms with van der Waals surface area (Å²) in [5.74, 6) is 0.914. The van der Waals surface area contributed by atoms with E-state index in [9.17, 15) is 9.59 Å². The Labute approximate surface area is 203 Å². The van der Waals surface area contributed by atoms with Gasteiger partial charge in [0.1, 0.15) is 11.0 Å². The van der Waals surface area contributed by atoms with Gasteiger partial charge >= 0.3 is 0 Å². The first-order chi connectivity index (χ1) is 17.1. The molecule has 8 nitrogen and oxygen atoms in total. The van der Waals surface area contributed by atoms with Gasteiger partial charge in [0.05, 0.1) is 0 Å². The van der Waals surface area contributed by atoms with Crippen molar-refractivity contribution in [3.8, 4) is 11.1 Å². The fourth-order valence-corrected chi connectivity index (χ4v) is 5.33. The molecular formula is C27H26N6O2. The zero-order valence-corrected chi connectivity index (χ0v) is 19.3. The second kappa shape index (κ2) is 8.94. The molecule has 0 spiro atoms. The van der Waals surface area contributed by atoms with Gasteiger partial charge in [0.2, 0.25) is 5.91 Å². The predicted octanol–water partition coefficient (Wildman–Crippen LogP) is 3.18. The Bertz CT molecular complexity index is 1350. The molecule has 2 aromatic heterocycles. The Morgan fingerprint density at radius 2 is 1.60 bits per heavy atom. The van der Waals surface area contributed by atoms with Gasteiger partial charge in [0.15, 0.2) is 0 Å². The van der Waals surface area contributed by atoms with Crippen molar-refractivity contribution in [2.45, 2.75) is 12.8 Å². The Balaban J connectivity index is 1.01. The maximum absolute atomic E-state index is 13.0. The molecule has 6 rings (SSSR count). The summed E-state index contributed by atoms with van der Waals surface area (Å²) in [7, 11) is 0. The number of carbonyl (C=O) groups excluding carboxylic acids is 2. The number of hydrogen-bond acceptors (Lipinski definition) is 5. The molecule has 2 amide bonds. The van der Waals surface area contributed by atoms with Gasteiger partial charge in [-0.15, -0.1) is 0 Å². The molecule has 176 valence electrons. The molecule has 4 aromatic rings. The number of aromatic amines is 1. The van der Waals surface area contributed by atoms with Crippen LogP contribution in [0.1, 0.15) is 22.3 Å². The van der Waals surface area contributed by atoms with E-state index in [1.165, 1.54) is 0 Å². The van der Waals surface area contributed by atoms with E-state index in [4.69, 9.17) is 0 Å². The van der Waals surface area contributed by atoms with Crippen molar-refractivity contribution in [1.82, 2.24) is 30.2 Å². The lowest BCUT2D eigenvalue weighted by Crippen LogP contribution is -2.35. The van der Waals surface area contributed by atoms with Crippen molar-refractivity contribution < 1.29 is 9.59 Å². The van der Waals surface area contributed by atoms with E-state index in [2.05, 4.69) is 44.7 Å². The van der Waals surface area contributed by atoms with Gasteiger partial charge in [-0.2, -0.15) is 15.4 Å². The molecule has 2 atom stereocenters. The molecule has 35 heavy (non-hydrogen) atoms. The van der Waals surface area contributed by atoms with Crippen molar-refractivity contribution in [2.24, 2.45) is 11.8 Å². The van der Waals surface area contributed by atoms with Crippen LogP contribution in [-0.2, 0) is 11.2 Å². The van der Waals surface area contributed by atoms with E-state index in [0.717, 1.165) is 41.7 Å². The van der Waals surface area contributed by atoms with Crippen LogP contribution < -0.4 is 0 Å². The fourth-order valence-electron chi connectivity index (χ4n) is 5.33. The Morgan fingerprint density at radius 1 is 0.857 bits per heavy atom. The van der Waals surface area contributed by atoms with E-state index in [1.807, 2.05) is 34.2 Å². The minimum absolute atomic E-state index is 0.0249. The highest BCUT2D eigenvalue weighted by molar-refractivity contribution is 5.97. The molecule has 2 aliphatic heterocycles. The van der Waals surface area contributed by atoms with Crippen LogP contribution in [0.2, 0.25) is 0 Å². The summed E-state index contributed by atoms with van der Waals surface area (Å²) in [5, 5.41) is 10.7. The SMILES string of the molecule is O=C(CCc1ccc(-c2cccnc2)cc1)N1CC2CN(C(=O)c3ccc4n[nH]nc4c3)CC2C1. The Kier molecular flexibility index (Phi) is 5.48. The molecule has 1 N–H and O–H groups in total. The Hall–Kier alpha value is -4.07. The summed E-state index contributed by atoms with van der Waals surface area (Å²) < 4.78 is 0. The molecule has 2 aromatic carbocycles. The number of fused-ring (bicyclic) bond motifs is 2. The van der Waals surface area contributed by atoms with E-state index in [1.54, 1.807) is 18.3 Å². The lowest BCUT2D eigenvalue weighted by molar-refractivity contribution is -0.130. The van der Waals surface area contributed by atoms with E-state index < -0.39 is 0 Å². The molecular weight excluding hydrogens is 440 g/mol. The van der Waals surface area contributed by atoms with Gasteiger partial charge in [-0.25, -0.2) is 0 Å². The van der Waals surface area contributed by atoms with Crippen LogP contribution in [0.4, 0.5) is 0 Å². The van der Waals surface area contributed by atoms with Crippen LogP contribution in [-0.4, -0.2) is 68.2 Å². The monoisotopic (exact) mass is 466 g/mol. The van der Waals surface area contributed by atoms with Crippen LogP contribution in [0.5, 0.6) is 0 Å². The van der Waals surface area contributed by atoms with E-state index in [-0.39, 0.29) is 11.8 Å². The number of H-pyrrole nitrogens is 1. The van der Waals surface area contributed by atoms with Gasteiger partial charge in [-0.3, -0.25) is 14.6 Å². The highest BCUT2D eigenvalue weighted by Gasteiger charge is 2.42. The molecule has 4 heterocycles. The molecule has 8 heteroatoms. The third kappa shape index (κ3) is 4.27. The lowest BCUT2D eigenvalue weighted by atomic mass is 10.0. The standard InChI is InChI=1S/C27H26N6O2/c34-26(10-5-18-3-6-19(7-4-18)21-2-1-11-28-13-21)32-14-22-16-33(17-23(22)15-32)27(35)20-8-9-24-25(12-20)30-31-29-24/h1-4,6-9,11-13,22-23H,5,10,14-17H2,(H,29,30,31). The van der Waals surface area contributed by atoms with Crippen LogP contribution >= 0.6 is 0 Å². The molecule has 0 radical (unpaired) electrons. The maximum Gasteiger partial charge on any atom is 0.253 e. The third-order valence-electron chi connectivity index (χ3n) is 7.27. The van der Waals surface area contributed by atoms with Gasteiger partial charge < -0.3 is 9.80 Å². The minimum atomic E-state index is 0.0249. The highest BCUT2D eigenvalue weighted by Crippen LogP contribution is 2.32. The molecule has 0 saturated carbocycles. The second-order valence-electron chi connectivity index (χ2n) is 9.49. The number of likely N-dealkylation sites (tertiary alicyclic amines) is 2. The number of hydrogen-bond donors (Lipinski definition) is 1. The number of pyridine rings is 1. The fraction of sp³-hybridized carbons (Fsp3) is 0.296. The van der Waals surface area contributed by atoms with Gasteiger partial charge in [-0.05, 0) is 47.4 Å². The molecule has 2 fully saturated rings.